The SMILES string of the molecule is CN1CC([B]N)C1. The molecule has 0 aromatic rings. The van der Waals surface area contributed by atoms with Crippen molar-refractivity contribution in [3.05, 3.63) is 0 Å². The molecule has 1 aliphatic heterocycles. The highest BCUT2D eigenvalue weighted by molar-refractivity contribution is 6.33. The van der Waals surface area contributed by atoms with Crippen molar-refractivity contribution >= 4 is 7.41 Å². The van der Waals surface area contributed by atoms with Gasteiger partial charge in [-0.3, -0.25) is 0 Å². The maximum absolute atomic E-state index is 5.24. The third-order valence-electron chi connectivity index (χ3n) is 1.36. The monoisotopic (exact) mass is 97.1 g/mol. The van der Waals surface area contributed by atoms with E-state index in [1.165, 1.54) is 0 Å². The van der Waals surface area contributed by atoms with Crippen molar-refractivity contribution in [2.75, 3.05) is 20.1 Å². The number of hydrogen-bond donors (Lipinski definition) is 1. The molecule has 1 saturated heterocycles. The molecule has 0 aromatic heterocycles. The van der Waals surface area contributed by atoms with Gasteiger partial charge in [-0.05, 0) is 26.0 Å². The van der Waals surface area contributed by atoms with E-state index in [0.29, 0.717) is 5.82 Å². The van der Waals surface area contributed by atoms with Crippen molar-refractivity contribution in [1.29, 1.82) is 0 Å². The van der Waals surface area contributed by atoms with Crippen LogP contribution in [-0.4, -0.2) is 32.5 Å². The summed E-state index contributed by atoms with van der Waals surface area (Å²) in [6.07, 6.45) is 0. The van der Waals surface area contributed by atoms with E-state index >= 15 is 0 Å². The van der Waals surface area contributed by atoms with Crippen molar-refractivity contribution in [1.82, 2.24) is 4.90 Å². The van der Waals surface area contributed by atoms with Crippen molar-refractivity contribution < 1.29 is 0 Å². The van der Waals surface area contributed by atoms with E-state index in [2.05, 4.69) is 11.9 Å². The summed E-state index contributed by atoms with van der Waals surface area (Å²) in [4.78, 5) is 2.24. The molecule has 1 heterocycles. The van der Waals surface area contributed by atoms with Crippen LogP contribution < -0.4 is 5.64 Å². The Morgan fingerprint density at radius 2 is 2.29 bits per heavy atom. The molecule has 0 spiro atoms. The fourth-order valence-corrected chi connectivity index (χ4v) is 0.869. The zero-order valence-electron chi connectivity index (χ0n) is 4.59. The molecule has 2 N–H and O–H groups in total. The highest BCUT2D eigenvalue weighted by atomic mass is 15.1. The molecule has 1 rings (SSSR count). The summed E-state index contributed by atoms with van der Waals surface area (Å²) >= 11 is 0. The summed E-state index contributed by atoms with van der Waals surface area (Å²) in [6, 6.07) is 0. The lowest BCUT2D eigenvalue weighted by Gasteiger charge is -2.34. The van der Waals surface area contributed by atoms with Crippen LogP contribution in [0.1, 0.15) is 0 Å². The van der Waals surface area contributed by atoms with Gasteiger partial charge in [0.05, 0.1) is 0 Å². The lowest BCUT2D eigenvalue weighted by Crippen LogP contribution is -2.44. The molecule has 0 saturated carbocycles. The topological polar surface area (TPSA) is 29.3 Å². The van der Waals surface area contributed by atoms with E-state index in [4.69, 9.17) is 5.64 Å². The van der Waals surface area contributed by atoms with E-state index in [-0.39, 0.29) is 0 Å². The first kappa shape index (κ1) is 5.13. The van der Waals surface area contributed by atoms with Gasteiger partial charge in [-0.25, -0.2) is 0 Å². The molecule has 3 heteroatoms. The second-order valence-electron chi connectivity index (χ2n) is 2.17. The lowest BCUT2D eigenvalue weighted by atomic mass is 9.72. The van der Waals surface area contributed by atoms with Crippen LogP contribution in [0.2, 0.25) is 5.82 Å². The minimum Gasteiger partial charge on any atom is -0.374 e. The quantitative estimate of drug-likeness (QED) is 0.438. The molecule has 0 aromatic carbocycles. The normalized spacial score (nSPS) is 24.3. The predicted molar refractivity (Wildman–Crippen MR) is 31.2 cm³/mol. The van der Waals surface area contributed by atoms with Gasteiger partial charge in [0.25, 0.3) is 0 Å². The molecule has 0 aliphatic carbocycles. The van der Waals surface area contributed by atoms with Gasteiger partial charge in [-0.2, -0.15) is 0 Å². The van der Waals surface area contributed by atoms with Crippen molar-refractivity contribution in [2.24, 2.45) is 5.64 Å². The highest BCUT2D eigenvalue weighted by Gasteiger charge is 2.21. The Morgan fingerprint density at radius 1 is 1.71 bits per heavy atom. The van der Waals surface area contributed by atoms with E-state index in [1.54, 1.807) is 7.41 Å². The molecule has 0 atom stereocenters. The Labute approximate surface area is 44.9 Å². The van der Waals surface area contributed by atoms with Crippen LogP contribution in [0.25, 0.3) is 0 Å². The van der Waals surface area contributed by atoms with Gasteiger partial charge in [0.1, 0.15) is 0 Å². The first-order valence-electron chi connectivity index (χ1n) is 2.56. The van der Waals surface area contributed by atoms with Crippen molar-refractivity contribution in [2.45, 2.75) is 5.82 Å². The maximum Gasteiger partial charge on any atom is 0.208 e. The number of nitrogens with zero attached hydrogens (tertiary/aromatic N) is 1. The Hall–Kier alpha value is -0.0151. The summed E-state index contributed by atoms with van der Waals surface area (Å²) < 4.78 is 0. The molecule has 0 unspecified atom stereocenters. The largest absolute Gasteiger partial charge is 0.374 e. The highest BCUT2D eigenvalue weighted by Crippen LogP contribution is 2.14. The third-order valence-corrected chi connectivity index (χ3v) is 1.36. The molecule has 39 valence electrons. The molecule has 1 fully saturated rings. The number of nitrogens with two attached hydrogens (primary N) is 1. The molecule has 2 nitrogen and oxygen atoms in total. The van der Waals surface area contributed by atoms with E-state index < -0.39 is 0 Å². The van der Waals surface area contributed by atoms with Gasteiger partial charge in [0.15, 0.2) is 0 Å². The molecule has 0 bridgehead atoms. The second-order valence-corrected chi connectivity index (χ2v) is 2.17. The van der Waals surface area contributed by atoms with Gasteiger partial charge < -0.3 is 10.5 Å². The van der Waals surface area contributed by atoms with Gasteiger partial charge in [-0.1, -0.05) is 0 Å². The first-order valence-corrected chi connectivity index (χ1v) is 2.56. The second kappa shape index (κ2) is 1.84. The standard InChI is InChI=1S/C4H10BN2/c1-7-2-4(3-7)5-6/h4H,2-3,6H2,1H3. The molecule has 1 aliphatic rings. The van der Waals surface area contributed by atoms with Gasteiger partial charge >= 0.3 is 0 Å². The van der Waals surface area contributed by atoms with E-state index in [1.807, 2.05) is 0 Å². The van der Waals surface area contributed by atoms with Gasteiger partial charge in [0, 0.05) is 0 Å². The van der Waals surface area contributed by atoms with Crippen molar-refractivity contribution in [3.8, 4) is 0 Å². The maximum atomic E-state index is 5.24. The van der Waals surface area contributed by atoms with Crippen LogP contribution >= 0.6 is 0 Å². The van der Waals surface area contributed by atoms with E-state index in [0.717, 1.165) is 13.1 Å². The molecule has 0 amide bonds. The molecule has 7 heavy (non-hydrogen) atoms. The third kappa shape index (κ3) is 0.953. The average molecular weight is 97.0 g/mol. The van der Waals surface area contributed by atoms with Crippen LogP contribution in [0, 0.1) is 0 Å². The summed E-state index contributed by atoms with van der Waals surface area (Å²) in [6.45, 7) is 2.30. The molecule has 1 radical (unpaired) electrons. The summed E-state index contributed by atoms with van der Waals surface area (Å²) in [5.74, 6) is 0.671. The Morgan fingerprint density at radius 3 is 2.43 bits per heavy atom. The number of rotatable bonds is 1. The summed E-state index contributed by atoms with van der Waals surface area (Å²) in [5, 5.41) is 0. The van der Waals surface area contributed by atoms with Gasteiger partial charge in [0.2, 0.25) is 7.41 Å². The lowest BCUT2D eigenvalue weighted by molar-refractivity contribution is 0.228. The Bertz CT molecular complexity index is 60.7. The summed E-state index contributed by atoms with van der Waals surface area (Å²) in [7, 11) is 3.88. The van der Waals surface area contributed by atoms with Crippen LogP contribution in [0.15, 0.2) is 0 Å². The predicted octanol–water partition coefficient (Wildman–Crippen LogP) is -0.702. The number of hydrogen-bond acceptors (Lipinski definition) is 2. The van der Waals surface area contributed by atoms with Crippen LogP contribution in [-0.2, 0) is 0 Å². The van der Waals surface area contributed by atoms with Crippen LogP contribution in [0.5, 0.6) is 0 Å². The van der Waals surface area contributed by atoms with Crippen LogP contribution in [0.4, 0.5) is 0 Å². The van der Waals surface area contributed by atoms with Crippen molar-refractivity contribution in [3.63, 3.8) is 0 Å². The summed E-state index contributed by atoms with van der Waals surface area (Å²) in [5.41, 5.74) is 5.24. The molecular formula is C4H10BN2. The molecular weight excluding hydrogens is 86.9 g/mol. The minimum absolute atomic E-state index is 0.671. The fraction of sp³-hybridized carbons (Fsp3) is 1.00. The smallest absolute Gasteiger partial charge is 0.208 e. The zero-order valence-corrected chi connectivity index (χ0v) is 4.59. The Balaban J connectivity index is 2.06. The van der Waals surface area contributed by atoms with Gasteiger partial charge in [-0.15, -0.1) is 0 Å². The number of likely N-dealkylation sites (tertiary alicyclic amines) is 1. The van der Waals surface area contributed by atoms with E-state index in [9.17, 15) is 0 Å². The van der Waals surface area contributed by atoms with Crippen LogP contribution in [0.3, 0.4) is 0 Å². The Kier molecular flexibility index (Phi) is 1.35. The fourth-order valence-electron chi connectivity index (χ4n) is 0.869. The minimum atomic E-state index is 0.671. The average Bonchev–Trinajstić information content (AvgIpc) is 1.58. The zero-order chi connectivity index (χ0) is 5.28. The first-order chi connectivity index (χ1) is 3.33.